The zero-order chi connectivity index (χ0) is 17.1. The molecule has 0 spiro atoms. The maximum Gasteiger partial charge on any atom is 0.271 e. The fourth-order valence-electron chi connectivity index (χ4n) is 2.47. The molecule has 0 aliphatic carbocycles. The van der Waals surface area contributed by atoms with E-state index in [4.69, 9.17) is 0 Å². The number of hydrogen-bond acceptors (Lipinski definition) is 5. The molecule has 124 valence electrons. The first-order chi connectivity index (χ1) is 11.6. The number of aromatic nitrogens is 2. The quantitative estimate of drug-likeness (QED) is 0.733. The Hall–Kier alpha value is -2.51. The Morgan fingerprint density at radius 1 is 1.38 bits per heavy atom. The third kappa shape index (κ3) is 3.37. The normalized spacial score (nSPS) is 12.2. The fourth-order valence-corrected chi connectivity index (χ4v) is 3.26. The van der Waals surface area contributed by atoms with Crippen LogP contribution in [-0.4, -0.2) is 33.0 Å². The fraction of sp³-hybridized carbons (Fsp3) is 0.235. The number of thiazole rings is 1. The van der Waals surface area contributed by atoms with Gasteiger partial charge in [0.1, 0.15) is 5.56 Å². The lowest BCUT2D eigenvalue weighted by Crippen LogP contribution is -2.41. The van der Waals surface area contributed by atoms with Crippen molar-refractivity contribution < 1.29 is 9.90 Å². The number of nitrogens with zero attached hydrogens (tertiary/aromatic N) is 2. The number of nitrogens with one attached hydrogen (secondary N) is 1. The highest BCUT2D eigenvalue weighted by Gasteiger charge is 2.18. The number of aryl methyl sites for hydroxylation is 1. The Kier molecular flexibility index (Phi) is 4.73. The first-order valence-electron chi connectivity index (χ1n) is 7.52. The van der Waals surface area contributed by atoms with Crippen LogP contribution >= 0.6 is 11.3 Å². The summed E-state index contributed by atoms with van der Waals surface area (Å²) < 4.78 is 1.38. The molecule has 0 bridgehead atoms. The van der Waals surface area contributed by atoms with Crippen LogP contribution < -0.4 is 10.9 Å². The zero-order valence-corrected chi connectivity index (χ0v) is 13.9. The molecular formula is C17H17N3O3S. The maximum atomic E-state index is 12.4. The molecule has 0 saturated heterocycles. The smallest absolute Gasteiger partial charge is 0.271 e. The average molecular weight is 343 g/mol. The van der Waals surface area contributed by atoms with Gasteiger partial charge in [0.25, 0.3) is 11.5 Å². The monoisotopic (exact) mass is 343 g/mol. The lowest BCUT2D eigenvalue weighted by atomic mass is 10.1. The number of amides is 1. The standard InChI is InChI=1S/C17H17N3O3S/c1-11-9-20-16(23)14(8-18-17(20)24-11)15(22)19-13(10-21)7-12-5-3-2-4-6-12/h2-6,8-9,13,21H,7,10H2,1H3,(H,19,22). The second-order valence-electron chi connectivity index (χ2n) is 5.51. The first kappa shape index (κ1) is 16.4. The Labute approximate surface area is 142 Å². The number of aliphatic hydroxyl groups excluding tert-OH is 1. The summed E-state index contributed by atoms with van der Waals surface area (Å²) in [6.07, 6.45) is 3.44. The van der Waals surface area contributed by atoms with Gasteiger partial charge in [-0.15, -0.1) is 11.3 Å². The molecule has 7 heteroatoms. The molecule has 2 heterocycles. The van der Waals surface area contributed by atoms with Crippen molar-refractivity contribution in [2.45, 2.75) is 19.4 Å². The van der Waals surface area contributed by atoms with E-state index < -0.39 is 17.5 Å². The van der Waals surface area contributed by atoms with Crippen molar-refractivity contribution >= 4 is 22.2 Å². The van der Waals surface area contributed by atoms with E-state index in [-0.39, 0.29) is 12.2 Å². The molecular weight excluding hydrogens is 326 g/mol. The SMILES string of the molecule is Cc1cn2c(=O)c(C(=O)NC(CO)Cc3ccccc3)cnc2s1. The summed E-state index contributed by atoms with van der Waals surface area (Å²) in [6, 6.07) is 9.07. The molecule has 3 aromatic rings. The van der Waals surface area contributed by atoms with Crippen LogP contribution in [0.2, 0.25) is 0 Å². The summed E-state index contributed by atoms with van der Waals surface area (Å²) in [5.41, 5.74) is 0.561. The zero-order valence-electron chi connectivity index (χ0n) is 13.1. The van der Waals surface area contributed by atoms with E-state index in [1.165, 1.54) is 21.9 Å². The largest absolute Gasteiger partial charge is 0.394 e. The van der Waals surface area contributed by atoms with Gasteiger partial charge in [0.15, 0.2) is 4.96 Å². The predicted molar refractivity (Wildman–Crippen MR) is 92.6 cm³/mol. The minimum atomic E-state index is -0.527. The van der Waals surface area contributed by atoms with Crippen LogP contribution in [0.5, 0.6) is 0 Å². The maximum absolute atomic E-state index is 12.4. The number of hydrogen-bond donors (Lipinski definition) is 2. The second-order valence-corrected chi connectivity index (χ2v) is 6.73. The number of carbonyl (C=O) groups excluding carboxylic acids is 1. The molecule has 2 aromatic heterocycles. The average Bonchev–Trinajstić information content (AvgIpc) is 2.97. The number of aliphatic hydroxyl groups is 1. The molecule has 0 radical (unpaired) electrons. The number of rotatable bonds is 5. The van der Waals surface area contributed by atoms with Crippen LogP contribution in [0, 0.1) is 6.92 Å². The van der Waals surface area contributed by atoms with Gasteiger partial charge >= 0.3 is 0 Å². The minimum absolute atomic E-state index is 0.0307. The van der Waals surface area contributed by atoms with Crippen LogP contribution in [0.25, 0.3) is 4.96 Å². The summed E-state index contributed by atoms with van der Waals surface area (Å²) >= 11 is 1.39. The second kappa shape index (κ2) is 6.94. The van der Waals surface area contributed by atoms with Crippen LogP contribution in [0.1, 0.15) is 20.8 Å². The van der Waals surface area contributed by atoms with Crippen LogP contribution in [0.15, 0.2) is 47.5 Å². The highest BCUT2D eigenvalue weighted by Crippen LogP contribution is 2.12. The number of benzene rings is 1. The lowest BCUT2D eigenvalue weighted by molar-refractivity contribution is 0.0914. The van der Waals surface area contributed by atoms with Gasteiger partial charge in [0, 0.05) is 17.3 Å². The molecule has 0 fully saturated rings. The van der Waals surface area contributed by atoms with Gasteiger partial charge in [-0.25, -0.2) is 4.98 Å². The highest BCUT2D eigenvalue weighted by molar-refractivity contribution is 7.16. The van der Waals surface area contributed by atoms with Crippen LogP contribution in [0.4, 0.5) is 0 Å². The summed E-state index contributed by atoms with van der Waals surface area (Å²) in [5, 5.41) is 12.2. The van der Waals surface area contributed by atoms with Crippen LogP contribution in [0.3, 0.4) is 0 Å². The van der Waals surface area contributed by atoms with E-state index in [0.717, 1.165) is 10.4 Å². The van der Waals surface area contributed by atoms with Gasteiger partial charge in [0.2, 0.25) is 0 Å². The molecule has 0 aliphatic heterocycles. The van der Waals surface area contributed by atoms with E-state index in [0.29, 0.717) is 11.4 Å². The van der Waals surface area contributed by atoms with Crippen molar-refractivity contribution in [2.24, 2.45) is 0 Å². The van der Waals surface area contributed by atoms with E-state index >= 15 is 0 Å². The Morgan fingerprint density at radius 3 is 2.83 bits per heavy atom. The molecule has 1 unspecified atom stereocenters. The summed E-state index contributed by atoms with van der Waals surface area (Å²) in [5.74, 6) is -0.527. The summed E-state index contributed by atoms with van der Waals surface area (Å²) in [4.78, 5) is 30.5. The molecule has 1 atom stereocenters. The summed E-state index contributed by atoms with van der Waals surface area (Å²) in [7, 11) is 0. The van der Waals surface area contributed by atoms with E-state index in [9.17, 15) is 14.7 Å². The van der Waals surface area contributed by atoms with Gasteiger partial charge in [-0.1, -0.05) is 30.3 Å². The van der Waals surface area contributed by atoms with Crippen molar-refractivity contribution in [3.8, 4) is 0 Å². The van der Waals surface area contributed by atoms with Crippen molar-refractivity contribution in [2.75, 3.05) is 6.61 Å². The molecule has 1 amide bonds. The lowest BCUT2D eigenvalue weighted by Gasteiger charge is -2.16. The van der Waals surface area contributed by atoms with Gasteiger partial charge in [0.05, 0.1) is 12.6 Å². The van der Waals surface area contributed by atoms with E-state index in [1.807, 2.05) is 37.3 Å². The van der Waals surface area contributed by atoms with Crippen LogP contribution in [-0.2, 0) is 6.42 Å². The van der Waals surface area contributed by atoms with E-state index in [2.05, 4.69) is 10.3 Å². The Morgan fingerprint density at radius 2 is 2.12 bits per heavy atom. The molecule has 0 saturated carbocycles. The van der Waals surface area contributed by atoms with Crippen molar-refractivity contribution in [1.29, 1.82) is 0 Å². The third-order valence-electron chi connectivity index (χ3n) is 3.65. The number of carbonyl (C=O) groups is 1. The van der Waals surface area contributed by atoms with Gasteiger partial charge in [-0.05, 0) is 18.9 Å². The van der Waals surface area contributed by atoms with Crippen molar-refractivity contribution in [3.63, 3.8) is 0 Å². The third-order valence-corrected chi connectivity index (χ3v) is 4.56. The van der Waals surface area contributed by atoms with Crippen molar-refractivity contribution in [1.82, 2.24) is 14.7 Å². The molecule has 6 nitrogen and oxygen atoms in total. The molecule has 2 N–H and O–H groups in total. The molecule has 0 aliphatic rings. The van der Waals surface area contributed by atoms with Gasteiger partial charge in [-0.3, -0.25) is 14.0 Å². The Bertz CT molecular complexity index is 918. The van der Waals surface area contributed by atoms with E-state index in [1.54, 1.807) is 6.20 Å². The highest BCUT2D eigenvalue weighted by atomic mass is 32.1. The van der Waals surface area contributed by atoms with Gasteiger partial charge in [-0.2, -0.15) is 0 Å². The number of fused-ring (bicyclic) bond motifs is 1. The molecule has 24 heavy (non-hydrogen) atoms. The first-order valence-corrected chi connectivity index (χ1v) is 8.33. The summed E-state index contributed by atoms with van der Waals surface area (Å²) in [6.45, 7) is 1.66. The van der Waals surface area contributed by atoms with Gasteiger partial charge < -0.3 is 10.4 Å². The van der Waals surface area contributed by atoms with Crippen molar-refractivity contribution in [3.05, 3.63) is 69.1 Å². The topological polar surface area (TPSA) is 83.7 Å². The Balaban J connectivity index is 1.80. The predicted octanol–water partition coefficient (Wildman–Crippen LogP) is 1.40. The molecule has 3 rings (SSSR count). The molecule has 1 aromatic carbocycles. The minimum Gasteiger partial charge on any atom is -0.394 e.